The Morgan fingerprint density at radius 3 is 2.44 bits per heavy atom. The van der Waals surface area contributed by atoms with Crippen molar-refractivity contribution in [2.24, 2.45) is 5.73 Å². The molecule has 0 aliphatic rings. The lowest BCUT2D eigenvalue weighted by Gasteiger charge is -2.19. The van der Waals surface area contributed by atoms with Crippen molar-refractivity contribution in [1.82, 2.24) is 0 Å². The fourth-order valence-electron chi connectivity index (χ4n) is 1.37. The molecule has 3 N–H and O–H groups in total. The first-order chi connectivity index (χ1) is 8.52. The van der Waals surface area contributed by atoms with E-state index < -0.39 is 23.8 Å². The molecule has 0 amide bonds. The topological polar surface area (TPSA) is 64.7 Å². The lowest BCUT2D eigenvalue weighted by Crippen LogP contribution is -2.40. The SMILES string of the molecule is COCC[C@H](O)[C@@H](N)COc1cc(F)cc(F)c1. The van der Waals surface area contributed by atoms with E-state index in [-0.39, 0.29) is 12.4 Å². The number of halogens is 2. The number of rotatable bonds is 7. The van der Waals surface area contributed by atoms with Crippen LogP contribution in [0.1, 0.15) is 6.42 Å². The van der Waals surface area contributed by atoms with Gasteiger partial charge in [-0.15, -0.1) is 0 Å². The predicted octanol–water partition coefficient (Wildman–Crippen LogP) is 1.07. The molecule has 0 aliphatic heterocycles. The number of methoxy groups -OCH3 is 1. The standard InChI is InChI=1S/C12H17F2NO3/c1-17-3-2-12(16)11(15)7-18-10-5-8(13)4-9(14)6-10/h4-6,11-12,16H,2-3,7,15H2,1H3/t11-,12-/m0/s1. The van der Waals surface area contributed by atoms with Crippen molar-refractivity contribution in [2.45, 2.75) is 18.6 Å². The largest absolute Gasteiger partial charge is 0.492 e. The average Bonchev–Trinajstić information content (AvgIpc) is 2.31. The summed E-state index contributed by atoms with van der Waals surface area (Å²) in [6.07, 6.45) is -0.415. The molecule has 2 atom stereocenters. The van der Waals surface area contributed by atoms with Gasteiger partial charge in [-0.3, -0.25) is 0 Å². The van der Waals surface area contributed by atoms with E-state index in [1.54, 1.807) is 0 Å². The summed E-state index contributed by atoms with van der Waals surface area (Å²) in [5.41, 5.74) is 5.66. The van der Waals surface area contributed by atoms with Gasteiger partial charge in [0.2, 0.25) is 0 Å². The van der Waals surface area contributed by atoms with E-state index in [1.807, 2.05) is 0 Å². The summed E-state index contributed by atoms with van der Waals surface area (Å²) in [6, 6.07) is 2.21. The van der Waals surface area contributed by atoms with Crippen molar-refractivity contribution in [1.29, 1.82) is 0 Å². The zero-order chi connectivity index (χ0) is 13.5. The van der Waals surface area contributed by atoms with Crippen LogP contribution in [0.2, 0.25) is 0 Å². The van der Waals surface area contributed by atoms with Crippen molar-refractivity contribution >= 4 is 0 Å². The van der Waals surface area contributed by atoms with E-state index in [9.17, 15) is 13.9 Å². The van der Waals surface area contributed by atoms with Crippen LogP contribution in [0.5, 0.6) is 5.75 Å². The Labute approximate surface area is 104 Å². The van der Waals surface area contributed by atoms with Gasteiger partial charge in [-0.1, -0.05) is 0 Å². The van der Waals surface area contributed by atoms with Gasteiger partial charge in [-0.05, 0) is 6.42 Å². The second-order valence-corrected chi connectivity index (χ2v) is 3.93. The number of ether oxygens (including phenoxy) is 2. The molecule has 0 saturated carbocycles. The molecule has 0 fully saturated rings. The molecule has 18 heavy (non-hydrogen) atoms. The summed E-state index contributed by atoms with van der Waals surface area (Å²) in [5.74, 6) is -1.40. The first kappa shape index (κ1) is 14.8. The first-order valence-electron chi connectivity index (χ1n) is 5.54. The molecular formula is C12H17F2NO3. The lowest BCUT2D eigenvalue weighted by atomic mass is 10.1. The summed E-state index contributed by atoms with van der Waals surface area (Å²) < 4.78 is 35.6. The van der Waals surface area contributed by atoms with Crippen molar-refractivity contribution in [2.75, 3.05) is 20.3 Å². The van der Waals surface area contributed by atoms with Crippen LogP contribution in [0.4, 0.5) is 8.78 Å². The van der Waals surface area contributed by atoms with E-state index >= 15 is 0 Å². The maximum absolute atomic E-state index is 12.9. The Morgan fingerprint density at radius 2 is 1.89 bits per heavy atom. The van der Waals surface area contributed by atoms with Crippen LogP contribution in [-0.2, 0) is 4.74 Å². The Bertz CT molecular complexity index is 356. The first-order valence-corrected chi connectivity index (χ1v) is 5.54. The Kier molecular flexibility index (Phi) is 5.97. The predicted molar refractivity (Wildman–Crippen MR) is 62.3 cm³/mol. The molecule has 0 spiro atoms. The molecule has 6 heteroatoms. The molecule has 0 saturated heterocycles. The van der Waals surface area contributed by atoms with E-state index in [2.05, 4.69) is 0 Å². The molecular weight excluding hydrogens is 244 g/mol. The van der Waals surface area contributed by atoms with Crippen LogP contribution in [0.15, 0.2) is 18.2 Å². The van der Waals surface area contributed by atoms with E-state index in [0.717, 1.165) is 18.2 Å². The smallest absolute Gasteiger partial charge is 0.129 e. The molecule has 0 bridgehead atoms. The third-order valence-corrected chi connectivity index (χ3v) is 2.39. The summed E-state index contributed by atoms with van der Waals surface area (Å²) >= 11 is 0. The van der Waals surface area contributed by atoms with Crippen molar-refractivity contribution < 1.29 is 23.4 Å². The number of benzene rings is 1. The molecule has 102 valence electrons. The minimum absolute atomic E-state index is 0.0340. The van der Waals surface area contributed by atoms with Crippen molar-refractivity contribution in [3.05, 3.63) is 29.8 Å². The Morgan fingerprint density at radius 1 is 1.28 bits per heavy atom. The zero-order valence-corrected chi connectivity index (χ0v) is 10.1. The maximum atomic E-state index is 12.9. The summed E-state index contributed by atoms with van der Waals surface area (Å²) in [7, 11) is 1.52. The van der Waals surface area contributed by atoms with Gasteiger partial charge in [0.05, 0.1) is 12.1 Å². The Balaban J connectivity index is 2.44. The second-order valence-electron chi connectivity index (χ2n) is 3.93. The van der Waals surface area contributed by atoms with Crippen LogP contribution >= 0.6 is 0 Å². The highest BCUT2D eigenvalue weighted by atomic mass is 19.1. The van der Waals surface area contributed by atoms with Gasteiger partial charge in [-0.25, -0.2) is 8.78 Å². The van der Waals surface area contributed by atoms with Gasteiger partial charge in [0.1, 0.15) is 24.0 Å². The van der Waals surface area contributed by atoms with Crippen LogP contribution in [0.25, 0.3) is 0 Å². The highest BCUT2D eigenvalue weighted by Crippen LogP contribution is 2.15. The van der Waals surface area contributed by atoms with Gasteiger partial charge in [-0.2, -0.15) is 0 Å². The highest BCUT2D eigenvalue weighted by molar-refractivity contribution is 5.23. The second kappa shape index (κ2) is 7.25. The van der Waals surface area contributed by atoms with Gasteiger partial charge < -0.3 is 20.3 Å². The number of hydrogen-bond donors (Lipinski definition) is 2. The van der Waals surface area contributed by atoms with Gasteiger partial charge in [0.25, 0.3) is 0 Å². The molecule has 0 heterocycles. The molecule has 1 aromatic rings. The molecule has 4 nitrogen and oxygen atoms in total. The van der Waals surface area contributed by atoms with E-state index in [1.165, 1.54) is 7.11 Å². The number of nitrogens with two attached hydrogens (primary N) is 1. The number of aliphatic hydroxyl groups excluding tert-OH is 1. The van der Waals surface area contributed by atoms with E-state index in [4.69, 9.17) is 15.2 Å². The molecule has 0 aliphatic carbocycles. The fourth-order valence-corrected chi connectivity index (χ4v) is 1.37. The maximum Gasteiger partial charge on any atom is 0.129 e. The minimum atomic E-state index is -0.789. The van der Waals surface area contributed by atoms with Crippen LogP contribution in [0.3, 0.4) is 0 Å². The van der Waals surface area contributed by atoms with Crippen molar-refractivity contribution in [3.8, 4) is 5.75 Å². The molecule has 0 radical (unpaired) electrons. The number of hydrogen-bond acceptors (Lipinski definition) is 4. The quantitative estimate of drug-likeness (QED) is 0.770. The molecule has 1 aromatic carbocycles. The summed E-state index contributed by atoms with van der Waals surface area (Å²) in [4.78, 5) is 0. The van der Waals surface area contributed by atoms with Gasteiger partial charge in [0.15, 0.2) is 0 Å². The average molecular weight is 261 g/mol. The van der Waals surface area contributed by atoms with Crippen LogP contribution in [-0.4, -0.2) is 37.6 Å². The summed E-state index contributed by atoms with van der Waals surface area (Å²) in [6.45, 7) is 0.344. The zero-order valence-electron chi connectivity index (χ0n) is 10.1. The molecule has 1 rings (SSSR count). The highest BCUT2D eigenvalue weighted by Gasteiger charge is 2.15. The monoisotopic (exact) mass is 261 g/mol. The normalized spacial score (nSPS) is 14.3. The van der Waals surface area contributed by atoms with Gasteiger partial charge in [0, 0.05) is 31.9 Å². The van der Waals surface area contributed by atoms with Crippen LogP contribution < -0.4 is 10.5 Å². The number of aliphatic hydroxyl groups is 1. The third kappa shape index (κ3) is 4.95. The molecule has 0 aromatic heterocycles. The Hall–Kier alpha value is -1.24. The van der Waals surface area contributed by atoms with Gasteiger partial charge >= 0.3 is 0 Å². The minimum Gasteiger partial charge on any atom is -0.492 e. The van der Waals surface area contributed by atoms with E-state index in [0.29, 0.717) is 13.0 Å². The lowest BCUT2D eigenvalue weighted by molar-refractivity contribution is 0.0759. The van der Waals surface area contributed by atoms with Crippen molar-refractivity contribution in [3.63, 3.8) is 0 Å². The fraction of sp³-hybridized carbons (Fsp3) is 0.500. The van der Waals surface area contributed by atoms with Crippen LogP contribution in [0, 0.1) is 11.6 Å². The molecule has 0 unspecified atom stereocenters. The third-order valence-electron chi connectivity index (χ3n) is 2.39. The summed E-state index contributed by atoms with van der Waals surface area (Å²) in [5, 5.41) is 9.60.